The summed E-state index contributed by atoms with van der Waals surface area (Å²) in [5.41, 5.74) is 5.54. The van der Waals surface area contributed by atoms with Crippen molar-refractivity contribution >= 4 is 40.6 Å². The zero-order chi connectivity index (χ0) is 15.4. The van der Waals surface area contributed by atoms with Crippen LogP contribution in [0.2, 0.25) is 4.34 Å². The highest BCUT2D eigenvalue weighted by molar-refractivity contribution is 7.16. The first kappa shape index (κ1) is 15.3. The molecule has 2 rings (SSSR count). The Morgan fingerprint density at radius 1 is 1.52 bits per heavy atom. The van der Waals surface area contributed by atoms with Gasteiger partial charge >= 0.3 is 6.03 Å². The van der Waals surface area contributed by atoms with E-state index in [2.05, 4.69) is 15.7 Å². The van der Waals surface area contributed by atoms with Crippen molar-refractivity contribution in [3.63, 3.8) is 0 Å². The predicted octanol–water partition coefficient (Wildman–Crippen LogP) is 1.97. The summed E-state index contributed by atoms with van der Waals surface area (Å²) in [7, 11) is 0. The molecule has 2 aromatic rings. The summed E-state index contributed by atoms with van der Waals surface area (Å²) in [6.45, 7) is 1.83. The van der Waals surface area contributed by atoms with Gasteiger partial charge < -0.3 is 16.4 Å². The summed E-state index contributed by atoms with van der Waals surface area (Å²) in [5, 5.41) is 9.32. The number of nitrogens with two attached hydrogens (primary N) is 1. The number of hydrogen-bond acceptors (Lipinski definition) is 4. The van der Waals surface area contributed by atoms with Crippen molar-refractivity contribution in [2.45, 2.75) is 19.5 Å². The first-order valence-electron chi connectivity index (χ1n) is 6.07. The number of hydrogen-bond donors (Lipinski definition) is 3. The fourth-order valence-electron chi connectivity index (χ4n) is 1.67. The second-order valence-corrected chi connectivity index (χ2v) is 6.10. The van der Waals surface area contributed by atoms with Crippen LogP contribution in [0, 0.1) is 0 Å². The van der Waals surface area contributed by atoms with Crippen molar-refractivity contribution < 1.29 is 9.59 Å². The summed E-state index contributed by atoms with van der Waals surface area (Å²) in [6.07, 6.45) is 2.96. The van der Waals surface area contributed by atoms with Crippen LogP contribution in [0.1, 0.15) is 17.8 Å². The summed E-state index contributed by atoms with van der Waals surface area (Å²) in [4.78, 5) is 23.6. The second kappa shape index (κ2) is 6.59. The first-order chi connectivity index (χ1) is 9.94. The maximum atomic E-state index is 11.9. The van der Waals surface area contributed by atoms with Crippen LogP contribution in [0.3, 0.4) is 0 Å². The monoisotopic (exact) mass is 327 g/mol. The molecule has 0 bridgehead atoms. The van der Waals surface area contributed by atoms with Crippen molar-refractivity contribution in [1.82, 2.24) is 15.1 Å². The third-order valence-corrected chi connectivity index (χ3v) is 3.99. The smallest absolute Gasteiger partial charge is 0.319 e. The summed E-state index contributed by atoms with van der Waals surface area (Å²) >= 11 is 7.27. The highest BCUT2D eigenvalue weighted by Crippen LogP contribution is 2.26. The minimum Gasteiger partial charge on any atom is -0.368 e. The van der Waals surface area contributed by atoms with Gasteiger partial charge in [0.1, 0.15) is 6.54 Å². The zero-order valence-electron chi connectivity index (χ0n) is 11.2. The van der Waals surface area contributed by atoms with Gasteiger partial charge in [0, 0.05) is 11.1 Å². The number of rotatable bonds is 5. The maximum Gasteiger partial charge on any atom is 0.319 e. The number of halogens is 1. The molecule has 1 atom stereocenters. The topological polar surface area (TPSA) is 102 Å². The Hall–Kier alpha value is -2.06. The van der Waals surface area contributed by atoms with Crippen LogP contribution in [-0.2, 0) is 11.3 Å². The lowest BCUT2D eigenvalue weighted by Gasteiger charge is -2.12. The normalized spacial score (nSPS) is 11.9. The molecule has 0 saturated heterocycles. The van der Waals surface area contributed by atoms with Crippen molar-refractivity contribution in [1.29, 1.82) is 0 Å². The van der Waals surface area contributed by atoms with E-state index in [4.69, 9.17) is 17.3 Å². The molecular formula is C12H14ClN5O2S. The van der Waals surface area contributed by atoms with Gasteiger partial charge in [-0.1, -0.05) is 11.6 Å². The highest BCUT2D eigenvalue weighted by atomic mass is 35.5. The van der Waals surface area contributed by atoms with Crippen molar-refractivity contribution in [2.75, 3.05) is 5.32 Å². The number of primary amides is 1. The third kappa shape index (κ3) is 4.47. The number of carbonyl (C=O) groups excluding carboxylic acids is 2. The lowest BCUT2D eigenvalue weighted by Crippen LogP contribution is -2.30. The molecule has 7 nitrogen and oxygen atoms in total. The highest BCUT2D eigenvalue weighted by Gasteiger charge is 2.12. The molecule has 21 heavy (non-hydrogen) atoms. The molecule has 0 saturated carbocycles. The zero-order valence-corrected chi connectivity index (χ0v) is 12.7. The maximum absolute atomic E-state index is 11.9. The molecule has 0 spiro atoms. The van der Waals surface area contributed by atoms with Crippen LogP contribution >= 0.6 is 22.9 Å². The van der Waals surface area contributed by atoms with Gasteiger partial charge in [-0.15, -0.1) is 11.3 Å². The molecule has 0 radical (unpaired) electrons. The van der Waals surface area contributed by atoms with Crippen LogP contribution in [0.5, 0.6) is 0 Å². The lowest BCUT2D eigenvalue weighted by atomic mass is 10.3. The van der Waals surface area contributed by atoms with Crippen LogP contribution in [0.15, 0.2) is 24.5 Å². The average Bonchev–Trinajstić information content (AvgIpc) is 2.98. The molecule has 0 aliphatic heterocycles. The van der Waals surface area contributed by atoms with Gasteiger partial charge in [0.05, 0.1) is 22.3 Å². The fourth-order valence-corrected chi connectivity index (χ4v) is 2.73. The van der Waals surface area contributed by atoms with Crippen LogP contribution in [-0.4, -0.2) is 21.7 Å². The van der Waals surface area contributed by atoms with E-state index in [0.717, 1.165) is 4.88 Å². The van der Waals surface area contributed by atoms with E-state index in [1.54, 1.807) is 6.07 Å². The van der Waals surface area contributed by atoms with E-state index in [-0.39, 0.29) is 18.6 Å². The van der Waals surface area contributed by atoms with E-state index >= 15 is 0 Å². The van der Waals surface area contributed by atoms with Crippen molar-refractivity contribution in [3.05, 3.63) is 33.7 Å². The minimum atomic E-state index is -0.503. The molecule has 0 aromatic carbocycles. The van der Waals surface area contributed by atoms with Gasteiger partial charge in [0.15, 0.2) is 0 Å². The number of nitrogens with zero attached hydrogens (tertiary/aromatic N) is 2. The van der Waals surface area contributed by atoms with E-state index in [1.165, 1.54) is 28.4 Å². The molecule has 2 aromatic heterocycles. The molecule has 0 aliphatic carbocycles. The Morgan fingerprint density at radius 3 is 2.90 bits per heavy atom. The molecule has 9 heteroatoms. The van der Waals surface area contributed by atoms with E-state index < -0.39 is 5.91 Å². The molecule has 112 valence electrons. The Kier molecular flexibility index (Phi) is 4.81. The van der Waals surface area contributed by atoms with E-state index in [9.17, 15) is 9.59 Å². The summed E-state index contributed by atoms with van der Waals surface area (Å²) in [5.74, 6) is -0.503. The Labute approximate surface area is 130 Å². The van der Waals surface area contributed by atoms with Crippen molar-refractivity contribution in [3.8, 4) is 0 Å². The first-order valence-corrected chi connectivity index (χ1v) is 7.27. The largest absolute Gasteiger partial charge is 0.368 e. The number of anilines is 1. The number of aromatic nitrogens is 2. The molecule has 0 unspecified atom stereocenters. The molecule has 0 aliphatic rings. The molecule has 3 amide bonds. The minimum absolute atomic E-state index is 0.0343. The Balaban J connectivity index is 1.89. The van der Waals surface area contributed by atoms with Crippen LogP contribution in [0.25, 0.3) is 0 Å². The molecule has 2 heterocycles. The third-order valence-electron chi connectivity index (χ3n) is 2.58. The second-order valence-electron chi connectivity index (χ2n) is 4.35. The number of urea groups is 1. The van der Waals surface area contributed by atoms with Gasteiger partial charge in [-0.05, 0) is 19.1 Å². The summed E-state index contributed by atoms with van der Waals surface area (Å²) in [6, 6.07) is 3.11. The molecular weight excluding hydrogens is 314 g/mol. The van der Waals surface area contributed by atoms with Gasteiger partial charge in [0.25, 0.3) is 0 Å². The van der Waals surface area contributed by atoms with Gasteiger partial charge in [-0.3, -0.25) is 9.48 Å². The standard InChI is InChI=1S/C12H14ClN5O2S/c1-7(9-2-3-10(13)21-9)16-12(20)17-8-4-15-18(5-8)6-11(14)19/h2-5,7H,6H2,1H3,(H2,14,19)(H2,16,17,20)/t7-/m1/s1. The Bertz CT molecular complexity index is 654. The van der Waals surface area contributed by atoms with Gasteiger partial charge in [0.2, 0.25) is 5.91 Å². The number of carbonyl (C=O) groups is 2. The average molecular weight is 328 g/mol. The van der Waals surface area contributed by atoms with Crippen molar-refractivity contribution in [2.24, 2.45) is 5.73 Å². The Morgan fingerprint density at radius 2 is 2.29 bits per heavy atom. The molecule has 0 fully saturated rings. The fraction of sp³-hybridized carbons (Fsp3) is 0.250. The predicted molar refractivity (Wildman–Crippen MR) is 81.3 cm³/mol. The quantitative estimate of drug-likeness (QED) is 0.782. The van der Waals surface area contributed by atoms with Gasteiger partial charge in [-0.25, -0.2) is 4.79 Å². The number of thiophene rings is 1. The number of nitrogens with one attached hydrogen (secondary N) is 2. The lowest BCUT2D eigenvalue weighted by molar-refractivity contribution is -0.118. The van der Waals surface area contributed by atoms with Crippen LogP contribution in [0.4, 0.5) is 10.5 Å². The number of amides is 3. The summed E-state index contributed by atoms with van der Waals surface area (Å²) < 4.78 is 2.02. The SMILES string of the molecule is C[C@@H](NC(=O)Nc1cnn(CC(N)=O)c1)c1ccc(Cl)s1. The van der Waals surface area contributed by atoms with E-state index in [1.807, 2.05) is 13.0 Å². The molecule has 4 N–H and O–H groups in total. The van der Waals surface area contributed by atoms with Gasteiger partial charge in [-0.2, -0.15) is 5.10 Å². The van der Waals surface area contributed by atoms with Crippen LogP contribution < -0.4 is 16.4 Å². The van der Waals surface area contributed by atoms with E-state index in [0.29, 0.717) is 10.0 Å².